The molecule has 5 heteroatoms. The van der Waals surface area contributed by atoms with Crippen LogP contribution in [0.1, 0.15) is 50.7 Å². The minimum Gasteiger partial charge on any atom is -0.461 e. The van der Waals surface area contributed by atoms with Crippen molar-refractivity contribution in [2.75, 3.05) is 6.61 Å². The van der Waals surface area contributed by atoms with E-state index in [1.54, 1.807) is 33.8 Å². The first-order valence-electron chi connectivity index (χ1n) is 7.82. The molecule has 0 fully saturated rings. The Hall–Kier alpha value is -2.30. The van der Waals surface area contributed by atoms with Crippen LogP contribution in [0.15, 0.2) is 24.3 Å². The molecule has 0 saturated carbocycles. The van der Waals surface area contributed by atoms with Gasteiger partial charge in [0.15, 0.2) is 0 Å². The van der Waals surface area contributed by atoms with Crippen LogP contribution in [-0.2, 0) is 15.9 Å². The van der Waals surface area contributed by atoms with Gasteiger partial charge in [-0.15, -0.1) is 0 Å². The Balaban J connectivity index is 2.68. The molecule has 0 radical (unpaired) electrons. The Morgan fingerprint density at radius 2 is 1.87 bits per heavy atom. The van der Waals surface area contributed by atoms with Crippen LogP contribution < -0.4 is 0 Å². The number of hydrogen-bond acceptors (Lipinski definition) is 4. The number of aromatic nitrogens is 1. The zero-order valence-corrected chi connectivity index (χ0v) is 14.3. The molecule has 0 aliphatic carbocycles. The lowest BCUT2D eigenvalue weighted by Crippen LogP contribution is -2.29. The SMILES string of the molecule is CCOC(=O)c1cc2cccc(CC)c2n1C(=O)OC(C)(C)C. The number of aryl methyl sites for hydroxylation is 1. The molecule has 5 nitrogen and oxygen atoms in total. The third-order valence-corrected chi connectivity index (χ3v) is 3.35. The summed E-state index contributed by atoms with van der Waals surface area (Å²) in [7, 11) is 0. The third-order valence-electron chi connectivity index (χ3n) is 3.35. The van der Waals surface area contributed by atoms with Crippen molar-refractivity contribution < 1.29 is 19.1 Å². The van der Waals surface area contributed by atoms with E-state index in [1.807, 2.05) is 25.1 Å². The van der Waals surface area contributed by atoms with Crippen LogP contribution in [0.5, 0.6) is 0 Å². The van der Waals surface area contributed by atoms with Gasteiger partial charge in [-0.05, 0) is 45.7 Å². The van der Waals surface area contributed by atoms with Crippen LogP contribution in [-0.4, -0.2) is 28.8 Å². The number of rotatable bonds is 3. The number of hydrogen-bond donors (Lipinski definition) is 0. The Morgan fingerprint density at radius 1 is 1.17 bits per heavy atom. The summed E-state index contributed by atoms with van der Waals surface area (Å²) in [6.07, 6.45) is 0.170. The molecule has 124 valence electrons. The third kappa shape index (κ3) is 3.55. The summed E-state index contributed by atoms with van der Waals surface area (Å²) >= 11 is 0. The second-order valence-electron chi connectivity index (χ2n) is 6.27. The molecule has 0 aliphatic heterocycles. The van der Waals surface area contributed by atoms with Crippen LogP contribution in [0.3, 0.4) is 0 Å². The van der Waals surface area contributed by atoms with Gasteiger partial charge in [-0.2, -0.15) is 0 Å². The van der Waals surface area contributed by atoms with E-state index in [2.05, 4.69) is 0 Å². The van der Waals surface area contributed by atoms with Crippen molar-refractivity contribution in [2.45, 2.75) is 46.6 Å². The zero-order chi connectivity index (χ0) is 17.2. The quantitative estimate of drug-likeness (QED) is 0.797. The number of fused-ring (bicyclic) bond motifs is 1. The predicted molar refractivity (Wildman–Crippen MR) is 88.9 cm³/mol. The first-order chi connectivity index (χ1) is 10.8. The highest BCUT2D eigenvalue weighted by molar-refractivity contribution is 6.02. The summed E-state index contributed by atoms with van der Waals surface area (Å²) in [4.78, 5) is 24.9. The van der Waals surface area contributed by atoms with Crippen molar-refractivity contribution in [1.29, 1.82) is 0 Å². The monoisotopic (exact) mass is 317 g/mol. The zero-order valence-electron chi connectivity index (χ0n) is 14.3. The molecule has 2 aromatic rings. The van der Waals surface area contributed by atoms with E-state index in [0.717, 1.165) is 17.4 Å². The molecular weight excluding hydrogens is 294 g/mol. The van der Waals surface area contributed by atoms with Crippen LogP contribution >= 0.6 is 0 Å². The lowest BCUT2D eigenvalue weighted by atomic mass is 10.1. The summed E-state index contributed by atoms with van der Waals surface area (Å²) in [5.74, 6) is -0.531. The second-order valence-corrected chi connectivity index (χ2v) is 6.27. The van der Waals surface area contributed by atoms with Crippen LogP contribution in [0.4, 0.5) is 4.79 Å². The van der Waals surface area contributed by atoms with E-state index < -0.39 is 17.7 Å². The van der Waals surface area contributed by atoms with Gasteiger partial charge in [-0.1, -0.05) is 25.1 Å². The molecule has 1 aromatic carbocycles. The smallest absolute Gasteiger partial charge is 0.419 e. The van der Waals surface area contributed by atoms with Gasteiger partial charge in [-0.25, -0.2) is 14.2 Å². The fourth-order valence-corrected chi connectivity index (χ4v) is 2.47. The van der Waals surface area contributed by atoms with Gasteiger partial charge >= 0.3 is 12.1 Å². The second kappa shape index (κ2) is 6.44. The van der Waals surface area contributed by atoms with Crippen LogP contribution in [0.2, 0.25) is 0 Å². The van der Waals surface area contributed by atoms with Gasteiger partial charge in [0.2, 0.25) is 0 Å². The first kappa shape index (κ1) is 17.1. The van der Waals surface area contributed by atoms with E-state index >= 15 is 0 Å². The molecule has 23 heavy (non-hydrogen) atoms. The maximum absolute atomic E-state index is 12.7. The molecule has 0 bridgehead atoms. The van der Waals surface area contributed by atoms with Crippen molar-refractivity contribution >= 4 is 23.0 Å². The summed E-state index contributed by atoms with van der Waals surface area (Å²) in [5.41, 5.74) is 1.22. The Bertz CT molecular complexity index is 737. The average molecular weight is 317 g/mol. The van der Waals surface area contributed by atoms with E-state index in [1.165, 1.54) is 4.57 Å². The minimum atomic E-state index is -0.652. The number of carbonyl (C=O) groups is 2. The highest BCUT2D eigenvalue weighted by Crippen LogP contribution is 2.26. The van der Waals surface area contributed by atoms with Gasteiger partial charge in [0, 0.05) is 5.39 Å². The number of para-hydroxylation sites is 1. The molecule has 1 aromatic heterocycles. The maximum Gasteiger partial charge on any atom is 0.419 e. The number of carbonyl (C=O) groups excluding carboxylic acids is 2. The largest absolute Gasteiger partial charge is 0.461 e. The highest BCUT2D eigenvalue weighted by Gasteiger charge is 2.26. The number of ether oxygens (including phenoxy) is 2. The van der Waals surface area contributed by atoms with E-state index in [9.17, 15) is 9.59 Å². The number of nitrogens with zero attached hydrogens (tertiary/aromatic N) is 1. The van der Waals surface area contributed by atoms with Gasteiger partial charge in [0.1, 0.15) is 11.3 Å². The molecule has 2 rings (SSSR count). The van der Waals surface area contributed by atoms with E-state index in [-0.39, 0.29) is 12.3 Å². The first-order valence-corrected chi connectivity index (χ1v) is 7.82. The van der Waals surface area contributed by atoms with Crippen molar-refractivity contribution in [3.05, 3.63) is 35.5 Å². The average Bonchev–Trinajstić information content (AvgIpc) is 2.85. The fourth-order valence-electron chi connectivity index (χ4n) is 2.47. The standard InChI is InChI=1S/C18H23NO4/c1-6-12-9-8-10-13-11-14(16(20)22-7-2)19(15(12)13)17(21)23-18(3,4)5/h8-11H,6-7H2,1-5H3. The maximum atomic E-state index is 12.7. The molecule has 0 N–H and O–H groups in total. The Morgan fingerprint density at radius 3 is 2.43 bits per heavy atom. The molecule has 0 atom stereocenters. The highest BCUT2D eigenvalue weighted by atomic mass is 16.6. The summed E-state index contributed by atoms with van der Waals surface area (Å²) in [6, 6.07) is 7.40. The molecule has 1 heterocycles. The van der Waals surface area contributed by atoms with Gasteiger partial charge in [-0.3, -0.25) is 0 Å². The number of esters is 1. The lowest BCUT2D eigenvalue weighted by Gasteiger charge is -2.21. The van der Waals surface area contributed by atoms with Gasteiger partial charge in [0.25, 0.3) is 0 Å². The molecular formula is C18H23NO4. The van der Waals surface area contributed by atoms with Gasteiger partial charge < -0.3 is 9.47 Å². The molecule has 0 unspecified atom stereocenters. The van der Waals surface area contributed by atoms with Crippen molar-refractivity contribution in [3.8, 4) is 0 Å². The lowest BCUT2D eigenvalue weighted by molar-refractivity contribution is 0.0454. The summed E-state index contributed by atoms with van der Waals surface area (Å²) in [6.45, 7) is 9.36. The Kier molecular flexibility index (Phi) is 4.78. The van der Waals surface area contributed by atoms with Crippen LogP contribution in [0, 0.1) is 0 Å². The van der Waals surface area contributed by atoms with Gasteiger partial charge in [0.05, 0.1) is 12.1 Å². The summed E-state index contributed by atoms with van der Waals surface area (Å²) in [5, 5.41) is 0.818. The molecule has 0 amide bonds. The van der Waals surface area contributed by atoms with E-state index in [4.69, 9.17) is 9.47 Å². The topological polar surface area (TPSA) is 57.5 Å². The van der Waals surface area contributed by atoms with Crippen molar-refractivity contribution in [1.82, 2.24) is 4.57 Å². The normalized spacial score (nSPS) is 11.5. The van der Waals surface area contributed by atoms with E-state index in [0.29, 0.717) is 5.52 Å². The Labute approximate surface area is 136 Å². The fraction of sp³-hybridized carbons (Fsp3) is 0.444. The number of benzene rings is 1. The minimum absolute atomic E-state index is 0.192. The van der Waals surface area contributed by atoms with Crippen molar-refractivity contribution in [3.63, 3.8) is 0 Å². The summed E-state index contributed by atoms with van der Waals surface area (Å²) < 4.78 is 11.9. The molecule has 0 spiro atoms. The van der Waals surface area contributed by atoms with Crippen molar-refractivity contribution in [2.24, 2.45) is 0 Å². The predicted octanol–water partition coefficient (Wildman–Crippen LogP) is 4.16. The molecule has 0 aliphatic rings. The van der Waals surface area contributed by atoms with Crippen LogP contribution in [0.25, 0.3) is 10.9 Å². The molecule has 0 saturated heterocycles.